The lowest BCUT2D eigenvalue weighted by Crippen LogP contribution is -2.33. The van der Waals surface area contributed by atoms with Crippen molar-refractivity contribution in [2.45, 2.75) is 13.2 Å². The molecule has 4 N–H and O–H groups in total. The minimum Gasteiger partial charge on any atom is -0.486 e. The Morgan fingerprint density at radius 1 is 1.16 bits per heavy atom. The van der Waals surface area contributed by atoms with Crippen LogP contribution < -0.4 is 10.5 Å². The molecule has 0 unspecified atom stereocenters. The molecule has 0 aliphatic rings. The van der Waals surface area contributed by atoms with Crippen LogP contribution >= 0.6 is 11.6 Å². The van der Waals surface area contributed by atoms with Crippen LogP contribution in [0.25, 0.3) is 11.2 Å². The molecule has 2 heterocycles. The van der Waals surface area contributed by atoms with Crippen molar-refractivity contribution in [3.8, 4) is 5.75 Å². The van der Waals surface area contributed by atoms with Crippen LogP contribution in [-0.2, 0) is 13.2 Å². The molecule has 2 aromatic carbocycles. The molecule has 164 valence electrons. The predicted molar refractivity (Wildman–Crippen MR) is 120 cm³/mol. The van der Waals surface area contributed by atoms with Crippen molar-refractivity contribution in [3.63, 3.8) is 0 Å². The van der Waals surface area contributed by atoms with Crippen molar-refractivity contribution in [1.82, 2.24) is 25.3 Å². The van der Waals surface area contributed by atoms with Crippen molar-refractivity contribution in [2.24, 2.45) is 0 Å². The molecule has 0 saturated carbocycles. The summed E-state index contributed by atoms with van der Waals surface area (Å²) in [5.74, 6) is 0.435. The monoisotopic (exact) mass is 452 g/mol. The summed E-state index contributed by atoms with van der Waals surface area (Å²) >= 11 is 6.35. The third-order valence-electron chi connectivity index (χ3n) is 4.83. The number of carbonyl (C=O) groups excluding carboxylic acids is 1. The zero-order valence-corrected chi connectivity index (χ0v) is 17.8. The summed E-state index contributed by atoms with van der Waals surface area (Å²) in [6.07, 6.45) is 0. The number of anilines is 1. The molecule has 0 saturated heterocycles. The van der Waals surface area contributed by atoms with Crippen LogP contribution in [0.1, 0.15) is 21.5 Å². The molecular weight excluding hydrogens is 432 g/mol. The van der Waals surface area contributed by atoms with Gasteiger partial charge < -0.3 is 20.5 Å². The highest BCUT2D eigenvalue weighted by Crippen LogP contribution is 2.26. The number of amides is 1. The molecule has 0 fully saturated rings. The highest BCUT2D eigenvalue weighted by molar-refractivity contribution is 6.31. The molecule has 0 aliphatic carbocycles. The first-order valence-electron chi connectivity index (χ1n) is 9.87. The van der Waals surface area contributed by atoms with Gasteiger partial charge in [-0.1, -0.05) is 41.9 Å². The molecule has 4 aromatic rings. The fourth-order valence-electron chi connectivity index (χ4n) is 3.27. The van der Waals surface area contributed by atoms with E-state index in [1.54, 1.807) is 29.2 Å². The third-order valence-corrected chi connectivity index (χ3v) is 5.19. The molecule has 10 heteroatoms. The maximum Gasteiger partial charge on any atom is 0.254 e. The molecule has 0 spiro atoms. The second-order valence-electron chi connectivity index (χ2n) is 7.07. The standard InChI is InChI=1S/C22H21ClN6O3/c23-17-7-6-15(22(31)29(8-9-30)12-14-4-2-1-3-5-14)10-16(17)13-32-18-11-19(24)25-21-20(18)26-28-27-21/h1-7,10-11,30H,8-9,12-13H2,(H3,24,25,26,27,28). The van der Waals surface area contributed by atoms with Crippen LogP contribution in [0.3, 0.4) is 0 Å². The smallest absolute Gasteiger partial charge is 0.254 e. The first-order chi connectivity index (χ1) is 15.5. The molecule has 2 aromatic heterocycles. The van der Waals surface area contributed by atoms with E-state index in [2.05, 4.69) is 20.4 Å². The molecule has 4 rings (SSSR count). The quantitative estimate of drug-likeness (QED) is 0.374. The van der Waals surface area contributed by atoms with E-state index in [1.807, 2.05) is 30.3 Å². The molecule has 9 nitrogen and oxygen atoms in total. The number of ether oxygens (including phenoxy) is 1. The number of pyridine rings is 1. The largest absolute Gasteiger partial charge is 0.486 e. The number of hydrogen-bond donors (Lipinski definition) is 3. The van der Waals surface area contributed by atoms with Gasteiger partial charge in [0, 0.05) is 35.3 Å². The highest BCUT2D eigenvalue weighted by Gasteiger charge is 2.18. The summed E-state index contributed by atoms with van der Waals surface area (Å²) in [5.41, 5.74) is 8.62. The second kappa shape index (κ2) is 9.63. The summed E-state index contributed by atoms with van der Waals surface area (Å²) in [5, 5.41) is 20.3. The number of H-pyrrole nitrogens is 1. The Morgan fingerprint density at radius 2 is 1.97 bits per heavy atom. The van der Waals surface area contributed by atoms with Crippen LogP contribution in [0.15, 0.2) is 54.6 Å². The van der Waals surface area contributed by atoms with Gasteiger partial charge in [0.15, 0.2) is 11.3 Å². The Hall–Kier alpha value is -3.69. The maximum absolute atomic E-state index is 13.1. The van der Waals surface area contributed by atoms with Crippen LogP contribution in [0.5, 0.6) is 5.75 Å². The van der Waals surface area contributed by atoms with E-state index >= 15 is 0 Å². The molecule has 0 radical (unpaired) electrons. The average molecular weight is 453 g/mol. The molecule has 32 heavy (non-hydrogen) atoms. The van der Waals surface area contributed by atoms with E-state index in [0.29, 0.717) is 39.6 Å². The number of carbonyl (C=O) groups is 1. The predicted octanol–water partition coefficient (Wildman–Crippen LogP) is 2.80. The highest BCUT2D eigenvalue weighted by atomic mass is 35.5. The lowest BCUT2D eigenvalue weighted by atomic mass is 10.1. The Labute approximate surface area is 188 Å². The number of aromatic nitrogens is 4. The average Bonchev–Trinajstić information content (AvgIpc) is 3.27. The summed E-state index contributed by atoms with van der Waals surface area (Å²) in [7, 11) is 0. The lowest BCUT2D eigenvalue weighted by molar-refractivity contribution is 0.0707. The number of nitrogens with two attached hydrogens (primary N) is 1. The summed E-state index contributed by atoms with van der Waals surface area (Å²) < 4.78 is 5.87. The number of aromatic amines is 1. The molecule has 0 aliphatic heterocycles. The summed E-state index contributed by atoms with van der Waals surface area (Å²) in [6, 6.07) is 16.1. The second-order valence-corrected chi connectivity index (χ2v) is 7.48. The number of hydrogen-bond acceptors (Lipinski definition) is 7. The van der Waals surface area contributed by atoms with Gasteiger partial charge in [-0.25, -0.2) is 4.98 Å². The Balaban J connectivity index is 1.54. The number of aliphatic hydroxyl groups is 1. The minimum atomic E-state index is -0.215. The molecular formula is C22H21ClN6O3. The number of halogens is 1. The van der Waals surface area contributed by atoms with Gasteiger partial charge in [-0.15, -0.1) is 5.10 Å². The minimum absolute atomic E-state index is 0.0874. The van der Waals surface area contributed by atoms with Gasteiger partial charge in [0.1, 0.15) is 12.4 Å². The Morgan fingerprint density at radius 3 is 2.75 bits per heavy atom. The first-order valence-corrected chi connectivity index (χ1v) is 10.2. The van der Waals surface area contributed by atoms with Gasteiger partial charge >= 0.3 is 0 Å². The van der Waals surface area contributed by atoms with Crippen molar-refractivity contribution in [1.29, 1.82) is 0 Å². The van der Waals surface area contributed by atoms with Gasteiger partial charge in [0.2, 0.25) is 5.65 Å². The van der Waals surface area contributed by atoms with E-state index in [0.717, 1.165) is 5.56 Å². The first kappa shape index (κ1) is 21.5. The van der Waals surface area contributed by atoms with E-state index in [9.17, 15) is 9.90 Å². The molecule has 0 atom stereocenters. The zero-order chi connectivity index (χ0) is 22.5. The van der Waals surface area contributed by atoms with E-state index in [4.69, 9.17) is 22.1 Å². The Kier molecular flexibility index (Phi) is 6.48. The fraction of sp³-hybridized carbons (Fsp3) is 0.182. The molecule has 0 bridgehead atoms. The number of rotatable bonds is 8. The van der Waals surface area contributed by atoms with Crippen molar-refractivity contribution in [3.05, 3.63) is 76.3 Å². The van der Waals surface area contributed by atoms with Gasteiger partial charge in [-0.2, -0.15) is 10.3 Å². The SMILES string of the molecule is Nc1cc(OCc2cc(C(=O)N(CCO)Cc3ccccc3)ccc2Cl)c2n[nH]nc2n1. The number of nitrogens with zero attached hydrogens (tertiary/aromatic N) is 4. The maximum atomic E-state index is 13.1. The van der Waals surface area contributed by atoms with Crippen LogP contribution in [0.4, 0.5) is 5.82 Å². The summed E-state index contributed by atoms with van der Waals surface area (Å²) in [6.45, 7) is 0.543. The van der Waals surface area contributed by atoms with E-state index < -0.39 is 0 Å². The van der Waals surface area contributed by atoms with Crippen LogP contribution in [0.2, 0.25) is 5.02 Å². The van der Waals surface area contributed by atoms with Gasteiger partial charge in [-0.3, -0.25) is 4.79 Å². The number of benzene rings is 2. The summed E-state index contributed by atoms with van der Waals surface area (Å²) in [4.78, 5) is 18.8. The topological polar surface area (TPSA) is 130 Å². The number of fused-ring (bicyclic) bond motifs is 1. The number of aliphatic hydroxyl groups excluding tert-OH is 1. The molecule has 1 amide bonds. The van der Waals surface area contributed by atoms with Crippen molar-refractivity contribution < 1.29 is 14.6 Å². The van der Waals surface area contributed by atoms with Gasteiger partial charge in [0.25, 0.3) is 5.91 Å². The van der Waals surface area contributed by atoms with E-state index in [1.165, 1.54) is 0 Å². The Bertz CT molecular complexity index is 1230. The van der Waals surface area contributed by atoms with E-state index in [-0.39, 0.29) is 31.5 Å². The van der Waals surface area contributed by atoms with Crippen LogP contribution in [0, 0.1) is 0 Å². The van der Waals surface area contributed by atoms with Crippen molar-refractivity contribution >= 4 is 34.5 Å². The number of nitrogens with one attached hydrogen (secondary N) is 1. The number of nitrogen functional groups attached to an aromatic ring is 1. The van der Waals surface area contributed by atoms with Gasteiger partial charge in [0.05, 0.1) is 6.61 Å². The normalized spacial score (nSPS) is 10.9. The van der Waals surface area contributed by atoms with Crippen molar-refractivity contribution in [2.75, 3.05) is 18.9 Å². The van der Waals surface area contributed by atoms with Crippen LogP contribution in [-0.4, -0.2) is 49.5 Å². The lowest BCUT2D eigenvalue weighted by Gasteiger charge is -2.22. The third kappa shape index (κ3) is 4.79. The fourth-order valence-corrected chi connectivity index (χ4v) is 3.44. The zero-order valence-electron chi connectivity index (χ0n) is 17.0. The van der Waals surface area contributed by atoms with Gasteiger partial charge in [-0.05, 0) is 23.8 Å².